The summed E-state index contributed by atoms with van der Waals surface area (Å²) in [5, 5.41) is 5.02. The van der Waals surface area contributed by atoms with Crippen LogP contribution in [0.5, 0.6) is 5.75 Å². The Kier molecular flexibility index (Phi) is 6.40. The van der Waals surface area contributed by atoms with Gasteiger partial charge in [-0.25, -0.2) is 13.2 Å². The van der Waals surface area contributed by atoms with Crippen LogP contribution >= 0.6 is 11.6 Å². The second-order valence-corrected chi connectivity index (χ2v) is 10.1. The molecule has 0 aromatic heterocycles. The summed E-state index contributed by atoms with van der Waals surface area (Å²) in [4.78, 5) is 27.2. The number of nitrogens with zero attached hydrogens (tertiary/aromatic N) is 2. The number of halogens is 4. The normalized spacial score (nSPS) is 21.3. The number of hydrogen-bond donors (Lipinski definition) is 2. The zero-order valence-electron chi connectivity index (χ0n) is 19.7. The van der Waals surface area contributed by atoms with Crippen molar-refractivity contribution in [3.05, 3.63) is 46.7 Å². The highest BCUT2D eigenvalue weighted by Gasteiger charge is 2.46. The van der Waals surface area contributed by atoms with Crippen LogP contribution in [0.1, 0.15) is 25.7 Å². The molecule has 36 heavy (non-hydrogen) atoms. The number of carbonyl (C=O) groups is 2. The van der Waals surface area contributed by atoms with Crippen molar-refractivity contribution in [1.29, 1.82) is 0 Å². The Balaban J connectivity index is 1.24. The molecule has 1 unspecified atom stereocenters. The molecular weight excluding hydrogens is 497 g/mol. The van der Waals surface area contributed by atoms with Crippen molar-refractivity contribution >= 4 is 40.5 Å². The summed E-state index contributed by atoms with van der Waals surface area (Å²) in [7, 11) is 1.47. The van der Waals surface area contributed by atoms with Gasteiger partial charge in [-0.2, -0.15) is 0 Å². The van der Waals surface area contributed by atoms with Crippen LogP contribution in [0, 0.1) is 22.9 Å². The van der Waals surface area contributed by atoms with Crippen molar-refractivity contribution in [2.75, 3.05) is 48.4 Å². The molecule has 11 heteroatoms. The number of hydrogen-bond acceptors (Lipinski definition) is 6. The van der Waals surface area contributed by atoms with E-state index in [9.17, 15) is 18.4 Å². The molecular formula is C25H26ClF3N4O3. The minimum Gasteiger partial charge on any atom is -0.495 e. The van der Waals surface area contributed by atoms with E-state index in [4.69, 9.17) is 16.3 Å². The maximum absolute atomic E-state index is 15.1. The summed E-state index contributed by atoms with van der Waals surface area (Å²) in [5.74, 6) is -2.02. The zero-order valence-corrected chi connectivity index (χ0v) is 20.4. The van der Waals surface area contributed by atoms with Crippen LogP contribution in [0.4, 0.5) is 30.2 Å². The largest absolute Gasteiger partial charge is 0.495 e. The summed E-state index contributed by atoms with van der Waals surface area (Å²) in [6.45, 7) is 2.40. The van der Waals surface area contributed by atoms with Crippen molar-refractivity contribution in [2.24, 2.45) is 5.41 Å². The third-order valence-electron chi connectivity index (χ3n) is 7.39. The Hall–Kier alpha value is -3.14. The first kappa shape index (κ1) is 24.5. The Morgan fingerprint density at radius 3 is 2.33 bits per heavy atom. The number of ether oxygens (including phenoxy) is 1. The van der Waals surface area contributed by atoms with Crippen LogP contribution in [0.2, 0.25) is 5.02 Å². The quantitative estimate of drug-likeness (QED) is 0.455. The Bertz CT molecular complexity index is 1210. The first-order valence-electron chi connectivity index (χ1n) is 11.8. The fourth-order valence-corrected chi connectivity index (χ4v) is 5.46. The monoisotopic (exact) mass is 522 g/mol. The standard InChI is InChI=1S/C25H26ClF3N4O3/c1-36-22-11-21(17(29)9-19(22)30-18-2-3-23(34)31-24(18)35)33-12-25(13-33)4-6-32(7-5-25)20-10-15(27)14(26)8-16(20)28/h8-11,18,30H,2-7,12-13H2,1H3,(H,31,34,35). The zero-order chi connectivity index (χ0) is 25.6. The number of benzene rings is 2. The molecule has 192 valence electrons. The van der Waals surface area contributed by atoms with Gasteiger partial charge >= 0.3 is 0 Å². The lowest BCUT2D eigenvalue weighted by atomic mass is 9.71. The molecule has 3 saturated heterocycles. The lowest BCUT2D eigenvalue weighted by Crippen LogP contribution is -2.60. The summed E-state index contributed by atoms with van der Waals surface area (Å²) in [6.07, 6.45) is 2.05. The molecule has 0 aliphatic carbocycles. The van der Waals surface area contributed by atoms with Gasteiger partial charge in [-0.1, -0.05) is 11.6 Å². The second-order valence-electron chi connectivity index (χ2n) is 9.71. The van der Waals surface area contributed by atoms with E-state index in [2.05, 4.69) is 10.6 Å². The van der Waals surface area contributed by atoms with E-state index in [0.29, 0.717) is 49.7 Å². The van der Waals surface area contributed by atoms with Gasteiger partial charge in [-0.15, -0.1) is 0 Å². The topological polar surface area (TPSA) is 73.9 Å². The highest BCUT2D eigenvalue weighted by molar-refractivity contribution is 6.30. The molecule has 1 spiro atoms. The number of anilines is 3. The van der Waals surface area contributed by atoms with Gasteiger partial charge in [-0.3, -0.25) is 14.9 Å². The molecule has 2 aromatic rings. The molecule has 2 amide bonds. The number of amides is 2. The SMILES string of the molecule is COc1cc(N2CC3(CCN(c4cc(F)c(Cl)cc4F)CC3)C2)c(F)cc1NC1CCC(=O)NC1=O. The third-order valence-corrected chi connectivity index (χ3v) is 7.68. The van der Waals surface area contributed by atoms with Gasteiger partial charge in [0.25, 0.3) is 0 Å². The molecule has 0 bridgehead atoms. The molecule has 3 fully saturated rings. The Labute approximate surface area is 211 Å². The van der Waals surface area contributed by atoms with Crippen molar-refractivity contribution in [1.82, 2.24) is 5.32 Å². The summed E-state index contributed by atoms with van der Waals surface area (Å²) >= 11 is 5.67. The fourth-order valence-electron chi connectivity index (χ4n) is 5.31. The van der Waals surface area contributed by atoms with Gasteiger partial charge in [0.15, 0.2) is 0 Å². The molecule has 2 aromatic carbocycles. The number of rotatable bonds is 5. The van der Waals surface area contributed by atoms with Crippen molar-refractivity contribution in [2.45, 2.75) is 31.7 Å². The molecule has 1 atom stereocenters. The molecule has 2 N–H and O–H groups in total. The van der Waals surface area contributed by atoms with Gasteiger partial charge in [0.2, 0.25) is 11.8 Å². The molecule has 7 nitrogen and oxygen atoms in total. The average Bonchev–Trinajstić information content (AvgIpc) is 2.82. The van der Waals surface area contributed by atoms with Crippen LogP contribution in [-0.2, 0) is 9.59 Å². The number of methoxy groups -OCH3 is 1. The van der Waals surface area contributed by atoms with Gasteiger partial charge in [0.05, 0.1) is 29.2 Å². The summed E-state index contributed by atoms with van der Waals surface area (Å²) in [5.41, 5.74) is 0.924. The molecule has 0 radical (unpaired) electrons. The lowest BCUT2D eigenvalue weighted by molar-refractivity contribution is -0.133. The molecule has 5 rings (SSSR count). The van der Waals surface area contributed by atoms with E-state index in [0.717, 1.165) is 25.0 Å². The second kappa shape index (κ2) is 9.38. The van der Waals surface area contributed by atoms with E-state index in [1.165, 1.54) is 13.2 Å². The van der Waals surface area contributed by atoms with Gasteiger partial charge < -0.3 is 19.9 Å². The maximum Gasteiger partial charge on any atom is 0.249 e. The van der Waals surface area contributed by atoms with Crippen LogP contribution < -0.4 is 25.2 Å². The predicted octanol–water partition coefficient (Wildman–Crippen LogP) is 4.09. The van der Waals surface area contributed by atoms with E-state index < -0.39 is 29.4 Å². The van der Waals surface area contributed by atoms with Crippen molar-refractivity contribution in [3.8, 4) is 5.75 Å². The minimum absolute atomic E-state index is 0.0265. The van der Waals surface area contributed by atoms with Crippen LogP contribution in [0.25, 0.3) is 0 Å². The first-order valence-corrected chi connectivity index (χ1v) is 12.2. The van der Waals surface area contributed by atoms with Gasteiger partial charge in [-0.05, 0) is 25.3 Å². The van der Waals surface area contributed by atoms with Crippen molar-refractivity contribution < 1.29 is 27.5 Å². The first-order chi connectivity index (χ1) is 17.2. The highest BCUT2D eigenvalue weighted by atomic mass is 35.5. The highest BCUT2D eigenvalue weighted by Crippen LogP contribution is 2.46. The van der Waals surface area contributed by atoms with Gasteiger partial charge in [0.1, 0.15) is 29.2 Å². The summed E-state index contributed by atoms with van der Waals surface area (Å²) < 4.78 is 48.8. The third kappa shape index (κ3) is 4.54. The molecule has 3 heterocycles. The van der Waals surface area contributed by atoms with Crippen LogP contribution in [0.3, 0.4) is 0 Å². The summed E-state index contributed by atoms with van der Waals surface area (Å²) in [6, 6.07) is 4.39. The Morgan fingerprint density at radius 1 is 1.00 bits per heavy atom. The predicted molar refractivity (Wildman–Crippen MR) is 130 cm³/mol. The van der Waals surface area contributed by atoms with Crippen LogP contribution in [-0.4, -0.2) is 51.1 Å². The smallest absolute Gasteiger partial charge is 0.249 e. The lowest BCUT2D eigenvalue weighted by Gasteiger charge is -2.55. The van der Waals surface area contributed by atoms with Gasteiger partial charge in [0, 0.05) is 56.2 Å². The number of imide groups is 1. The van der Waals surface area contributed by atoms with Crippen LogP contribution in [0.15, 0.2) is 24.3 Å². The number of piperidine rings is 2. The number of carbonyl (C=O) groups excluding carboxylic acids is 2. The average molecular weight is 523 g/mol. The van der Waals surface area contributed by atoms with E-state index >= 15 is 4.39 Å². The van der Waals surface area contributed by atoms with E-state index in [-0.39, 0.29) is 28.5 Å². The van der Waals surface area contributed by atoms with E-state index in [1.807, 2.05) is 9.80 Å². The van der Waals surface area contributed by atoms with Crippen molar-refractivity contribution in [3.63, 3.8) is 0 Å². The molecule has 3 aliphatic rings. The fraction of sp³-hybridized carbons (Fsp3) is 0.440. The number of nitrogens with one attached hydrogen (secondary N) is 2. The van der Waals surface area contributed by atoms with E-state index in [1.54, 1.807) is 6.07 Å². The molecule has 3 aliphatic heterocycles. The molecule has 0 saturated carbocycles. The Morgan fingerprint density at radius 2 is 1.67 bits per heavy atom. The minimum atomic E-state index is -0.654. The maximum atomic E-state index is 15.1.